The molecule has 4 rings (SSSR count). The summed E-state index contributed by atoms with van der Waals surface area (Å²) >= 11 is 0. The second-order valence-electron chi connectivity index (χ2n) is 6.73. The van der Waals surface area contributed by atoms with Crippen LogP contribution in [-0.2, 0) is 0 Å². The molecule has 0 saturated carbocycles. The molecule has 8 heteroatoms. The Kier molecular flexibility index (Phi) is 4.92. The molecule has 1 fully saturated rings. The van der Waals surface area contributed by atoms with Crippen LogP contribution >= 0.6 is 0 Å². The Balaban J connectivity index is 1.55. The van der Waals surface area contributed by atoms with Crippen LogP contribution < -0.4 is 15.0 Å². The van der Waals surface area contributed by atoms with Crippen molar-refractivity contribution in [1.29, 1.82) is 0 Å². The lowest BCUT2D eigenvalue weighted by molar-refractivity contribution is 0.387. The van der Waals surface area contributed by atoms with Crippen molar-refractivity contribution in [3.05, 3.63) is 72.5 Å². The highest BCUT2D eigenvalue weighted by Gasteiger charge is 2.30. The Morgan fingerprint density at radius 1 is 1.21 bits per heavy atom. The van der Waals surface area contributed by atoms with Gasteiger partial charge in [0.1, 0.15) is 0 Å². The number of H-pyrrole nitrogens is 1. The van der Waals surface area contributed by atoms with Crippen LogP contribution in [0.15, 0.2) is 55.0 Å². The van der Waals surface area contributed by atoms with Crippen LogP contribution in [-0.4, -0.2) is 29.9 Å². The Labute approximate surface area is 165 Å². The van der Waals surface area contributed by atoms with Gasteiger partial charge in [0, 0.05) is 41.3 Å². The summed E-state index contributed by atoms with van der Waals surface area (Å²) in [6.45, 7) is 4.52. The summed E-state index contributed by atoms with van der Waals surface area (Å²) in [5.41, 5.74) is 1.98. The van der Waals surface area contributed by atoms with Crippen LogP contribution in [0.25, 0.3) is 11.1 Å². The van der Waals surface area contributed by atoms with Gasteiger partial charge in [0.2, 0.25) is 0 Å². The molecule has 0 radical (unpaired) electrons. The number of nitrogens with zero attached hydrogens (tertiary/aromatic N) is 2. The fraction of sp³-hybridized carbons (Fsp3) is 0.190. The molecule has 2 aromatic carbocycles. The lowest BCUT2D eigenvalue weighted by atomic mass is 10.1. The topological polar surface area (TPSA) is 53.2 Å². The average molecular weight is 400 g/mol. The molecule has 3 aromatic rings. The number of methoxy groups -OCH3 is 1. The Morgan fingerprint density at radius 3 is 2.76 bits per heavy atom. The number of anilines is 2. The van der Waals surface area contributed by atoms with Gasteiger partial charge in [0.15, 0.2) is 23.2 Å². The number of aromatic nitrogens is 2. The number of halogens is 3. The summed E-state index contributed by atoms with van der Waals surface area (Å²) in [4.78, 5) is 1.65. The lowest BCUT2D eigenvalue weighted by Crippen LogP contribution is -2.23. The maximum atomic E-state index is 14.8. The molecule has 0 aliphatic carbocycles. The predicted molar refractivity (Wildman–Crippen MR) is 105 cm³/mol. The van der Waals surface area contributed by atoms with E-state index in [0.29, 0.717) is 29.9 Å². The maximum absolute atomic E-state index is 14.8. The maximum Gasteiger partial charge on any atom is 0.183 e. The van der Waals surface area contributed by atoms with E-state index in [9.17, 15) is 13.2 Å². The molecule has 29 heavy (non-hydrogen) atoms. The molecule has 2 N–H and O–H groups in total. The summed E-state index contributed by atoms with van der Waals surface area (Å²) in [5.74, 6) is -2.20. The van der Waals surface area contributed by atoms with Gasteiger partial charge in [-0.2, -0.15) is 5.10 Å². The number of ether oxygens (including phenoxy) is 1. The summed E-state index contributed by atoms with van der Waals surface area (Å²) in [5, 5.41) is 9.60. The van der Waals surface area contributed by atoms with E-state index in [1.165, 1.54) is 37.7 Å². The largest absolute Gasteiger partial charge is 0.494 e. The second-order valence-corrected chi connectivity index (χ2v) is 6.73. The molecule has 5 nitrogen and oxygen atoms in total. The minimum Gasteiger partial charge on any atom is -0.494 e. The second kappa shape index (κ2) is 7.54. The van der Waals surface area contributed by atoms with Gasteiger partial charge in [0.05, 0.1) is 25.0 Å². The molecule has 2 heterocycles. The van der Waals surface area contributed by atoms with Gasteiger partial charge in [-0.15, -0.1) is 0 Å². The molecule has 1 saturated heterocycles. The molecule has 1 aromatic heterocycles. The van der Waals surface area contributed by atoms with Crippen molar-refractivity contribution >= 4 is 11.4 Å². The van der Waals surface area contributed by atoms with Gasteiger partial charge >= 0.3 is 0 Å². The Morgan fingerprint density at radius 2 is 2.03 bits per heavy atom. The fourth-order valence-corrected chi connectivity index (χ4v) is 3.51. The molecule has 150 valence electrons. The van der Waals surface area contributed by atoms with Crippen molar-refractivity contribution in [2.24, 2.45) is 0 Å². The quantitative estimate of drug-likeness (QED) is 0.652. The van der Waals surface area contributed by atoms with Crippen molar-refractivity contribution in [2.45, 2.75) is 12.5 Å². The molecule has 1 atom stereocenters. The van der Waals surface area contributed by atoms with Crippen molar-refractivity contribution in [1.82, 2.24) is 10.2 Å². The van der Waals surface area contributed by atoms with Crippen LogP contribution in [0, 0.1) is 17.5 Å². The van der Waals surface area contributed by atoms with Gasteiger partial charge in [-0.25, -0.2) is 13.2 Å². The number of benzene rings is 2. The zero-order valence-corrected chi connectivity index (χ0v) is 15.7. The van der Waals surface area contributed by atoms with Crippen LogP contribution in [0.5, 0.6) is 5.75 Å². The highest BCUT2D eigenvalue weighted by molar-refractivity contribution is 5.68. The third-order valence-electron chi connectivity index (χ3n) is 5.04. The van der Waals surface area contributed by atoms with Crippen LogP contribution in [0.4, 0.5) is 24.5 Å². The summed E-state index contributed by atoms with van der Waals surface area (Å²) in [6, 6.07) is 7.30. The first kappa shape index (κ1) is 18.9. The SMILES string of the molecule is C=C1C(Nc2ccc(F)c(OC)c2)CCN1c1ccc(-c2cn[nH]c2)c(F)c1F. The Hall–Kier alpha value is -3.42. The van der Waals surface area contributed by atoms with Gasteiger partial charge < -0.3 is 15.0 Å². The molecule has 1 aliphatic rings. The van der Waals surface area contributed by atoms with Crippen LogP contribution in [0.1, 0.15) is 6.42 Å². The summed E-state index contributed by atoms with van der Waals surface area (Å²) in [7, 11) is 1.39. The van der Waals surface area contributed by atoms with Gasteiger partial charge in [-0.3, -0.25) is 5.10 Å². The van der Waals surface area contributed by atoms with E-state index in [-0.39, 0.29) is 23.0 Å². The third kappa shape index (κ3) is 3.41. The van der Waals surface area contributed by atoms with Crippen LogP contribution in [0.3, 0.4) is 0 Å². The first-order chi connectivity index (χ1) is 14.0. The minimum absolute atomic E-state index is 0.124. The van der Waals surface area contributed by atoms with E-state index in [2.05, 4.69) is 22.1 Å². The molecule has 0 amide bonds. The van der Waals surface area contributed by atoms with Crippen molar-refractivity contribution in [3.8, 4) is 16.9 Å². The lowest BCUT2D eigenvalue weighted by Gasteiger charge is -2.23. The van der Waals surface area contributed by atoms with Crippen molar-refractivity contribution in [2.75, 3.05) is 23.9 Å². The highest BCUT2D eigenvalue weighted by atomic mass is 19.2. The number of hydrogen-bond acceptors (Lipinski definition) is 4. The van der Waals surface area contributed by atoms with Crippen LogP contribution in [0.2, 0.25) is 0 Å². The van der Waals surface area contributed by atoms with Crippen molar-refractivity contribution in [3.63, 3.8) is 0 Å². The molecule has 0 spiro atoms. The minimum atomic E-state index is -0.936. The summed E-state index contributed by atoms with van der Waals surface area (Å²) < 4.78 is 48.0. The zero-order chi connectivity index (χ0) is 20.5. The normalized spacial score (nSPS) is 16.3. The van der Waals surface area contributed by atoms with Gasteiger partial charge in [-0.1, -0.05) is 6.58 Å². The van der Waals surface area contributed by atoms with E-state index in [4.69, 9.17) is 4.74 Å². The molecule has 1 unspecified atom stereocenters. The van der Waals surface area contributed by atoms with E-state index in [1.807, 2.05) is 0 Å². The van der Waals surface area contributed by atoms with Gasteiger partial charge in [-0.05, 0) is 30.7 Å². The number of hydrogen-bond donors (Lipinski definition) is 2. The zero-order valence-electron chi connectivity index (χ0n) is 15.7. The molecular formula is C21H19F3N4O. The predicted octanol–water partition coefficient (Wildman–Crippen LogP) is 4.71. The van der Waals surface area contributed by atoms with E-state index in [0.717, 1.165) is 0 Å². The van der Waals surface area contributed by atoms with Gasteiger partial charge in [0.25, 0.3) is 0 Å². The first-order valence-electron chi connectivity index (χ1n) is 9.03. The molecule has 1 aliphatic heterocycles. The molecule has 0 bridgehead atoms. The highest BCUT2D eigenvalue weighted by Crippen LogP contribution is 2.35. The number of rotatable bonds is 5. The van der Waals surface area contributed by atoms with E-state index in [1.54, 1.807) is 17.0 Å². The number of aromatic amines is 1. The fourth-order valence-electron chi connectivity index (χ4n) is 3.51. The Bertz CT molecular complexity index is 1050. The van der Waals surface area contributed by atoms with E-state index < -0.39 is 17.5 Å². The summed E-state index contributed by atoms with van der Waals surface area (Å²) in [6.07, 6.45) is 3.57. The molecular weight excluding hydrogens is 381 g/mol. The first-order valence-corrected chi connectivity index (χ1v) is 9.03. The third-order valence-corrected chi connectivity index (χ3v) is 5.04. The average Bonchev–Trinajstić information content (AvgIpc) is 3.37. The standard InChI is InChI=1S/C21H19F3N4O/c1-12-17(27-14-3-5-16(22)19(9-14)29-2)7-8-28(12)18-6-4-15(20(23)21(18)24)13-10-25-26-11-13/h3-6,9-11,17,27H,1,7-8H2,2H3,(H,25,26). The van der Waals surface area contributed by atoms with Crippen molar-refractivity contribution < 1.29 is 17.9 Å². The number of nitrogens with one attached hydrogen (secondary N) is 2. The monoisotopic (exact) mass is 400 g/mol. The smallest absolute Gasteiger partial charge is 0.183 e. The van der Waals surface area contributed by atoms with E-state index >= 15 is 0 Å².